The van der Waals surface area contributed by atoms with E-state index in [4.69, 9.17) is 4.74 Å². The van der Waals surface area contributed by atoms with E-state index in [0.717, 1.165) is 21.0 Å². The second-order valence-electron chi connectivity index (χ2n) is 4.13. The molecule has 3 aromatic rings. The highest BCUT2D eigenvalue weighted by Crippen LogP contribution is 2.27. The molecule has 1 heterocycles. The number of ether oxygens (including phenoxy) is 1. The second-order valence-corrected chi connectivity index (χ2v) is 5.19. The zero-order valence-corrected chi connectivity index (χ0v) is 11.4. The first-order valence-electron chi connectivity index (χ1n) is 6.03. The highest BCUT2D eigenvalue weighted by molar-refractivity contribution is 7.19. The van der Waals surface area contributed by atoms with Gasteiger partial charge in [0.05, 0.1) is 17.3 Å². The van der Waals surface area contributed by atoms with Crippen molar-refractivity contribution in [3.05, 3.63) is 59.1 Å². The number of aromatic nitrogens is 1. The third kappa shape index (κ3) is 2.66. The summed E-state index contributed by atoms with van der Waals surface area (Å²) in [5.41, 5.74) is 2.19. The maximum atomic E-state index is 5.22. The van der Waals surface area contributed by atoms with E-state index in [0.29, 0.717) is 0 Å². The molecular formula is C16H13NOS. The molecule has 0 amide bonds. The maximum absolute atomic E-state index is 5.22. The van der Waals surface area contributed by atoms with Crippen molar-refractivity contribution in [1.82, 2.24) is 4.98 Å². The maximum Gasteiger partial charge on any atom is 0.120 e. The van der Waals surface area contributed by atoms with E-state index in [1.165, 1.54) is 5.56 Å². The predicted octanol–water partition coefficient (Wildman–Crippen LogP) is 4.48. The molecule has 2 aromatic carbocycles. The first-order chi connectivity index (χ1) is 9.35. The van der Waals surface area contributed by atoms with E-state index < -0.39 is 0 Å². The zero-order chi connectivity index (χ0) is 13.1. The van der Waals surface area contributed by atoms with E-state index in [9.17, 15) is 0 Å². The fourth-order valence-corrected chi connectivity index (χ4v) is 2.75. The van der Waals surface area contributed by atoms with Gasteiger partial charge < -0.3 is 4.74 Å². The largest absolute Gasteiger partial charge is 0.497 e. The third-order valence-corrected chi connectivity index (χ3v) is 3.81. The first kappa shape index (κ1) is 11.9. The summed E-state index contributed by atoms with van der Waals surface area (Å²) in [6.45, 7) is 0. The Kier molecular flexibility index (Phi) is 3.29. The molecule has 3 rings (SSSR count). The van der Waals surface area contributed by atoms with Crippen LogP contribution in [0, 0.1) is 0 Å². The number of hydrogen-bond donors (Lipinski definition) is 0. The van der Waals surface area contributed by atoms with Gasteiger partial charge in [0.15, 0.2) is 0 Å². The minimum Gasteiger partial charge on any atom is -0.497 e. The highest BCUT2D eigenvalue weighted by atomic mass is 32.1. The summed E-state index contributed by atoms with van der Waals surface area (Å²) in [5.74, 6) is 0.870. The van der Waals surface area contributed by atoms with Crippen LogP contribution >= 0.6 is 11.3 Å². The van der Waals surface area contributed by atoms with Crippen LogP contribution in [-0.2, 0) is 0 Å². The van der Waals surface area contributed by atoms with Crippen LogP contribution < -0.4 is 4.74 Å². The van der Waals surface area contributed by atoms with Gasteiger partial charge in [0.25, 0.3) is 0 Å². The summed E-state index contributed by atoms with van der Waals surface area (Å²) in [7, 11) is 1.68. The zero-order valence-electron chi connectivity index (χ0n) is 10.5. The molecule has 0 radical (unpaired) electrons. The average Bonchev–Trinajstić information content (AvgIpc) is 2.88. The predicted molar refractivity (Wildman–Crippen MR) is 81.5 cm³/mol. The van der Waals surface area contributed by atoms with Crippen LogP contribution in [0.3, 0.4) is 0 Å². The van der Waals surface area contributed by atoms with Crippen molar-refractivity contribution in [2.24, 2.45) is 0 Å². The summed E-state index contributed by atoms with van der Waals surface area (Å²) in [6, 6.07) is 16.2. The van der Waals surface area contributed by atoms with Gasteiger partial charge in [-0.1, -0.05) is 36.4 Å². The Morgan fingerprint density at radius 2 is 1.89 bits per heavy atom. The fourth-order valence-electron chi connectivity index (χ4n) is 1.85. The molecule has 1 aromatic heterocycles. The van der Waals surface area contributed by atoms with Crippen molar-refractivity contribution in [3.63, 3.8) is 0 Å². The third-order valence-electron chi connectivity index (χ3n) is 2.83. The van der Waals surface area contributed by atoms with E-state index in [1.807, 2.05) is 42.5 Å². The Labute approximate surface area is 116 Å². The molecule has 94 valence electrons. The van der Waals surface area contributed by atoms with Gasteiger partial charge in [-0.15, -0.1) is 11.3 Å². The van der Waals surface area contributed by atoms with Crippen LogP contribution in [0.2, 0.25) is 0 Å². The SMILES string of the molecule is COc1ccc2nc(/C=C/c3ccccc3)sc2c1. The van der Waals surface area contributed by atoms with Crippen molar-refractivity contribution in [2.75, 3.05) is 7.11 Å². The summed E-state index contributed by atoms with van der Waals surface area (Å²) in [4.78, 5) is 4.58. The number of nitrogens with zero attached hydrogens (tertiary/aromatic N) is 1. The summed E-state index contributed by atoms with van der Waals surface area (Å²) >= 11 is 1.67. The minimum absolute atomic E-state index is 0.870. The quantitative estimate of drug-likeness (QED) is 0.698. The summed E-state index contributed by atoms with van der Waals surface area (Å²) in [6.07, 6.45) is 4.13. The van der Waals surface area contributed by atoms with E-state index in [1.54, 1.807) is 18.4 Å². The molecule has 0 aliphatic carbocycles. The van der Waals surface area contributed by atoms with Crippen molar-refractivity contribution in [1.29, 1.82) is 0 Å². The highest BCUT2D eigenvalue weighted by Gasteiger charge is 2.02. The Morgan fingerprint density at radius 3 is 2.68 bits per heavy atom. The smallest absolute Gasteiger partial charge is 0.120 e. The van der Waals surface area contributed by atoms with E-state index in [2.05, 4.69) is 23.2 Å². The van der Waals surface area contributed by atoms with Gasteiger partial charge in [-0.05, 0) is 29.8 Å². The Morgan fingerprint density at radius 1 is 1.05 bits per heavy atom. The molecule has 0 saturated carbocycles. The van der Waals surface area contributed by atoms with Crippen LogP contribution in [0.5, 0.6) is 5.75 Å². The lowest BCUT2D eigenvalue weighted by Crippen LogP contribution is -1.80. The van der Waals surface area contributed by atoms with Crippen molar-refractivity contribution in [3.8, 4) is 5.75 Å². The molecule has 0 N–H and O–H groups in total. The van der Waals surface area contributed by atoms with Gasteiger partial charge in [0, 0.05) is 0 Å². The lowest BCUT2D eigenvalue weighted by atomic mass is 10.2. The molecule has 0 aliphatic heterocycles. The van der Waals surface area contributed by atoms with Gasteiger partial charge in [-0.2, -0.15) is 0 Å². The minimum atomic E-state index is 0.870. The molecule has 0 bridgehead atoms. The van der Waals surface area contributed by atoms with Crippen LogP contribution in [0.25, 0.3) is 22.4 Å². The molecule has 0 unspecified atom stereocenters. The fraction of sp³-hybridized carbons (Fsp3) is 0.0625. The van der Waals surface area contributed by atoms with Gasteiger partial charge >= 0.3 is 0 Å². The van der Waals surface area contributed by atoms with E-state index in [-0.39, 0.29) is 0 Å². The number of fused-ring (bicyclic) bond motifs is 1. The molecule has 2 nitrogen and oxygen atoms in total. The first-order valence-corrected chi connectivity index (χ1v) is 6.84. The number of rotatable bonds is 3. The standard InChI is InChI=1S/C16H13NOS/c1-18-13-8-9-14-15(11-13)19-16(17-14)10-7-12-5-3-2-4-6-12/h2-11H,1H3/b10-7+. The summed E-state index contributed by atoms with van der Waals surface area (Å²) < 4.78 is 6.37. The van der Waals surface area contributed by atoms with Crippen LogP contribution in [0.15, 0.2) is 48.5 Å². The Hall–Kier alpha value is -2.13. The molecular weight excluding hydrogens is 254 g/mol. The van der Waals surface area contributed by atoms with E-state index >= 15 is 0 Å². The van der Waals surface area contributed by atoms with Crippen molar-refractivity contribution < 1.29 is 4.74 Å². The Balaban J connectivity index is 1.91. The monoisotopic (exact) mass is 267 g/mol. The normalized spacial score (nSPS) is 11.2. The average molecular weight is 267 g/mol. The van der Waals surface area contributed by atoms with Gasteiger partial charge in [-0.3, -0.25) is 0 Å². The molecule has 0 atom stereocenters. The molecule has 0 aliphatic rings. The molecule has 0 fully saturated rings. The molecule has 0 saturated heterocycles. The lowest BCUT2D eigenvalue weighted by Gasteiger charge is -1.96. The van der Waals surface area contributed by atoms with Gasteiger partial charge in [-0.25, -0.2) is 4.98 Å². The lowest BCUT2D eigenvalue weighted by molar-refractivity contribution is 0.415. The topological polar surface area (TPSA) is 22.1 Å². The summed E-state index contributed by atoms with van der Waals surface area (Å²) in [5, 5.41) is 1.01. The van der Waals surface area contributed by atoms with Crippen molar-refractivity contribution in [2.45, 2.75) is 0 Å². The molecule has 3 heteroatoms. The van der Waals surface area contributed by atoms with Gasteiger partial charge in [0.1, 0.15) is 10.8 Å². The number of methoxy groups -OCH3 is 1. The number of hydrogen-bond acceptors (Lipinski definition) is 3. The van der Waals surface area contributed by atoms with Crippen LogP contribution in [0.1, 0.15) is 10.6 Å². The van der Waals surface area contributed by atoms with Crippen LogP contribution in [-0.4, -0.2) is 12.1 Å². The van der Waals surface area contributed by atoms with Crippen molar-refractivity contribution >= 4 is 33.7 Å². The Bertz CT molecular complexity index is 716. The second kappa shape index (κ2) is 5.24. The van der Waals surface area contributed by atoms with Crippen LogP contribution in [0.4, 0.5) is 0 Å². The van der Waals surface area contributed by atoms with Gasteiger partial charge in [0.2, 0.25) is 0 Å². The number of thiazole rings is 1. The molecule has 19 heavy (non-hydrogen) atoms. The number of benzene rings is 2. The molecule has 0 spiro atoms.